The van der Waals surface area contributed by atoms with Crippen LogP contribution in [0.5, 0.6) is 0 Å². The minimum atomic E-state index is -0.402. The third-order valence-electron chi connectivity index (χ3n) is 6.65. The maximum atomic E-state index is 13.4. The number of carbonyl (C=O) groups is 2. The fourth-order valence-electron chi connectivity index (χ4n) is 4.51. The summed E-state index contributed by atoms with van der Waals surface area (Å²) in [6, 6.07) is 20.4. The fraction of sp³-hybridized carbons (Fsp3) is 0.276. The van der Waals surface area contributed by atoms with Gasteiger partial charge in [-0.25, -0.2) is 10.6 Å². The van der Waals surface area contributed by atoms with E-state index in [-0.39, 0.29) is 18.0 Å². The molecule has 4 rings (SSSR count). The van der Waals surface area contributed by atoms with Crippen molar-refractivity contribution < 1.29 is 9.59 Å². The van der Waals surface area contributed by atoms with Crippen molar-refractivity contribution in [2.75, 3.05) is 41.3 Å². The Bertz CT molecular complexity index is 1210. The molecule has 2 heterocycles. The number of rotatable bonds is 8. The molecule has 0 spiro atoms. The van der Waals surface area contributed by atoms with Gasteiger partial charge in [-0.1, -0.05) is 36.9 Å². The maximum Gasteiger partial charge on any atom is 0.342 e. The molecule has 0 radical (unpaired) electrons. The predicted octanol–water partition coefficient (Wildman–Crippen LogP) is 4.24. The molecule has 198 valence electrons. The Hall–Kier alpha value is -4.21. The number of amides is 3. The van der Waals surface area contributed by atoms with Gasteiger partial charge in [0, 0.05) is 62.2 Å². The zero-order chi connectivity index (χ0) is 27.1. The van der Waals surface area contributed by atoms with Gasteiger partial charge in [0.05, 0.1) is 5.69 Å². The number of hydrogen-bond donors (Lipinski definition) is 2. The van der Waals surface area contributed by atoms with E-state index >= 15 is 0 Å². The first-order chi connectivity index (χ1) is 18.4. The van der Waals surface area contributed by atoms with Crippen molar-refractivity contribution in [3.05, 3.63) is 97.5 Å². The van der Waals surface area contributed by atoms with Gasteiger partial charge >= 0.3 is 6.03 Å². The summed E-state index contributed by atoms with van der Waals surface area (Å²) in [7, 11) is 0. The lowest BCUT2D eigenvalue weighted by atomic mass is 10.0. The van der Waals surface area contributed by atoms with E-state index in [0.29, 0.717) is 5.69 Å². The molecule has 0 bridgehead atoms. The summed E-state index contributed by atoms with van der Waals surface area (Å²) in [5, 5.41) is 4.22. The number of nitrogens with two attached hydrogens (primary N) is 1. The highest BCUT2D eigenvalue weighted by atomic mass is 16.2. The second kappa shape index (κ2) is 12.4. The van der Waals surface area contributed by atoms with E-state index in [1.54, 1.807) is 24.5 Å². The van der Waals surface area contributed by atoms with Gasteiger partial charge in [-0.3, -0.25) is 24.6 Å². The highest BCUT2D eigenvalue weighted by molar-refractivity contribution is 5.95. The quantitative estimate of drug-likeness (QED) is 0.266. The zero-order valence-electron chi connectivity index (χ0n) is 21.9. The van der Waals surface area contributed by atoms with E-state index < -0.39 is 6.04 Å². The second-order valence-electron chi connectivity index (χ2n) is 9.41. The Labute approximate surface area is 224 Å². The Balaban J connectivity index is 1.44. The Morgan fingerprint density at radius 2 is 1.61 bits per heavy atom. The Morgan fingerprint density at radius 3 is 2.18 bits per heavy atom. The normalized spacial score (nSPS) is 14.6. The first-order valence-electron chi connectivity index (χ1n) is 12.7. The highest BCUT2D eigenvalue weighted by Gasteiger charge is 2.31. The van der Waals surface area contributed by atoms with Crippen LogP contribution in [-0.4, -0.2) is 59.1 Å². The van der Waals surface area contributed by atoms with Crippen molar-refractivity contribution in [1.29, 1.82) is 0 Å². The van der Waals surface area contributed by atoms with Gasteiger partial charge < -0.3 is 10.2 Å². The molecule has 1 atom stereocenters. The highest BCUT2D eigenvalue weighted by Crippen LogP contribution is 2.27. The molecule has 0 aliphatic carbocycles. The molecule has 1 aromatic heterocycles. The molecule has 2 aromatic carbocycles. The second-order valence-corrected chi connectivity index (χ2v) is 9.41. The summed E-state index contributed by atoms with van der Waals surface area (Å²) in [6.45, 7) is 10.5. The number of hydrogen-bond acceptors (Lipinski definition) is 6. The van der Waals surface area contributed by atoms with Crippen LogP contribution in [0, 0.1) is 0 Å². The number of carbonyl (C=O) groups excluding carboxylic acids is 2. The van der Waals surface area contributed by atoms with E-state index in [9.17, 15) is 9.59 Å². The molecule has 1 unspecified atom stereocenters. The van der Waals surface area contributed by atoms with Crippen LogP contribution in [-0.2, 0) is 4.79 Å². The van der Waals surface area contributed by atoms with Crippen LogP contribution in [0.1, 0.15) is 25.5 Å². The lowest BCUT2D eigenvalue weighted by Crippen LogP contribution is -2.50. The standard InChI is InChI=1S/C29H35N7O2/c1-4-35(29(38)36(30)22(2)3)26-12-10-25(11-13-26)33-18-20-34(21-19-33)27(23-8-6-5-7-9-23)28(37)32-24-14-16-31-17-15-24/h4-17,22,27H,1,18-21,30H2,2-3H3,(H,31,32,37). The van der Waals surface area contributed by atoms with Crippen LogP contribution in [0.15, 0.2) is 91.9 Å². The third-order valence-corrected chi connectivity index (χ3v) is 6.65. The van der Waals surface area contributed by atoms with Crippen LogP contribution in [0.2, 0.25) is 0 Å². The molecule has 3 aromatic rings. The van der Waals surface area contributed by atoms with E-state index in [1.807, 2.05) is 68.4 Å². The van der Waals surface area contributed by atoms with E-state index in [2.05, 4.69) is 26.7 Å². The average Bonchev–Trinajstić information content (AvgIpc) is 2.95. The SMILES string of the molecule is C=CN(C(=O)N(N)C(C)C)c1ccc(N2CCN(C(C(=O)Nc3ccncc3)c3ccccc3)CC2)cc1. The van der Waals surface area contributed by atoms with Crippen molar-refractivity contribution in [2.24, 2.45) is 5.84 Å². The number of hydrazine groups is 1. The molecule has 1 aliphatic rings. The van der Waals surface area contributed by atoms with Crippen molar-refractivity contribution >= 4 is 29.0 Å². The molecular formula is C29H35N7O2. The third kappa shape index (κ3) is 6.19. The maximum absolute atomic E-state index is 13.4. The van der Waals surface area contributed by atoms with Gasteiger partial charge in [0.25, 0.3) is 0 Å². The van der Waals surface area contributed by atoms with Gasteiger partial charge in [0.15, 0.2) is 0 Å². The van der Waals surface area contributed by atoms with E-state index in [4.69, 9.17) is 5.84 Å². The van der Waals surface area contributed by atoms with Gasteiger partial charge in [0.1, 0.15) is 6.04 Å². The molecule has 3 amide bonds. The minimum Gasteiger partial charge on any atom is -0.369 e. The van der Waals surface area contributed by atoms with Gasteiger partial charge in [-0.15, -0.1) is 0 Å². The fourth-order valence-corrected chi connectivity index (χ4v) is 4.51. The molecule has 1 fully saturated rings. The van der Waals surface area contributed by atoms with Crippen molar-refractivity contribution in [3.63, 3.8) is 0 Å². The topological polar surface area (TPSA) is 98.0 Å². The number of nitrogens with one attached hydrogen (secondary N) is 1. The molecular weight excluding hydrogens is 478 g/mol. The number of pyridine rings is 1. The molecule has 0 saturated carbocycles. The lowest BCUT2D eigenvalue weighted by molar-refractivity contribution is -0.121. The van der Waals surface area contributed by atoms with Crippen LogP contribution in [0.25, 0.3) is 0 Å². The smallest absolute Gasteiger partial charge is 0.342 e. The summed E-state index contributed by atoms with van der Waals surface area (Å²) in [6.07, 6.45) is 4.80. The summed E-state index contributed by atoms with van der Waals surface area (Å²) < 4.78 is 0. The summed E-state index contributed by atoms with van der Waals surface area (Å²) in [4.78, 5) is 36.1. The Kier molecular flexibility index (Phi) is 8.73. The Morgan fingerprint density at radius 1 is 0.974 bits per heavy atom. The van der Waals surface area contributed by atoms with Crippen LogP contribution < -0.4 is 21.0 Å². The molecule has 1 saturated heterocycles. The van der Waals surface area contributed by atoms with Gasteiger partial charge in [-0.2, -0.15) is 0 Å². The van der Waals surface area contributed by atoms with Crippen LogP contribution in [0.3, 0.4) is 0 Å². The van der Waals surface area contributed by atoms with Crippen molar-refractivity contribution in [1.82, 2.24) is 14.9 Å². The number of piperazine rings is 1. The first-order valence-corrected chi connectivity index (χ1v) is 12.7. The summed E-state index contributed by atoms with van der Waals surface area (Å²) >= 11 is 0. The molecule has 38 heavy (non-hydrogen) atoms. The zero-order valence-corrected chi connectivity index (χ0v) is 21.9. The first kappa shape index (κ1) is 26.8. The monoisotopic (exact) mass is 513 g/mol. The largest absolute Gasteiger partial charge is 0.369 e. The van der Waals surface area contributed by atoms with Crippen LogP contribution in [0.4, 0.5) is 21.9 Å². The lowest BCUT2D eigenvalue weighted by Gasteiger charge is -2.40. The number of anilines is 3. The number of benzene rings is 2. The molecule has 9 heteroatoms. The summed E-state index contributed by atoms with van der Waals surface area (Å²) in [5.41, 5.74) is 3.43. The van der Waals surface area contributed by atoms with Gasteiger partial charge in [-0.05, 0) is 55.8 Å². The molecule has 1 aliphatic heterocycles. The van der Waals surface area contributed by atoms with Crippen LogP contribution >= 0.6 is 0 Å². The van der Waals surface area contributed by atoms with E-state index in [1.165, 1.54) is 16.1 Å². The summed E-state index contributed by atoms with van der Waals surface area (Å²) in [5.74, 6) is 5.85. The van der Waals surface area contributed by atoms with Crippen molar-refractivity contribution in [3.8, 4) is 0 Å². The molecule has 3 N–H and O–H groups in total. The number of nitrogens with zero attached hydrogens (tertiary/aromatic N) is 5. The van der Waals surface area contributed by atoms with Crippen molar-refractivity contribution in [2.45, 2.75) is 25.9 Å². The van der Waals surface area contributed by atoms with E-state index in [0.717, 1.165) is 43.1 Å². The number of aromatic nitrogens is 1. The predicted molar refractivity (Wildman–Crippen MR) is 152 cm³/mol. The average molecular weight is 514 g/mol. The van der Waals surface area contributed by atoms with Gasteiger partial charge in [0.2, 0.25) is 5.91 Å². The number of urea groups is 1. The molecule has 9 nitrogen and oxygen atoms in total. The minimum absolute atomic E-state index is 0.0651.